The van der Waals surface area contributed by atoms with E-state index in [1.165, 1.54) is 0 Å². The predicted octanol–water partition coefficient (Wildman–Crippen LogP) is 4.72. The van der Waals surface area contributed by atoms with Crippen LogP contribution in [0.15, 0.2) is 91.6 Å². The van der Waals surface area contributed by atoms with Crippen molar-refractivity contribution in [3.63, 3.8) is 0 Å². The van der Waals surface area contributed by atoms with E-state index < -0.39 is 0 Å². The number of rotatable bonds is 5. The number of aryl methyl sites for hydroxylation is 1. The van der Waals surface area contributed by atoms with Crippen molar-refractivity contribution in [2.45, 2.75) is 6.54 Å². The zero-order valence-electron chi connectivity index (χ0n) is 17.6. The van der Waals surface area contributed by atoms with Gasteiger partial charge in [-0.2, -0.15) is 5.10 Å². The average molecular weight is 422 g/mol. The van der Waals surface area contributed by atoms with Crippen LogP contribution in [-0.4, -0.2) is 25.2 Å². The fraction of sp³-hybridized carbons (Fsp3) is 0.0800. The molecule has 5 aromatic rings. The minimum atomic E-state index is -0.241. The van der Waals surface area contributed by atoms with Gasteiger partial charge in [-0.15, -0.1) is 0 Å². The van der Waals surface area contributed by atoms with Crippen molar-refractivity contribution in [2.75, 3.05) is 5.32 Å². The Bertz CT molecular complexity index is 1370. The first kappa shape index (κ1) is 19.6. The highest BCUT2D eigenvalue weighted by molar-refractivity contribution is 5.90. The third kappa shape index (κ3) is 4.09. The second kappa shape index (κ2) is 8.39. The fourth-order valence-corrected chi connectivity index (χ4v) is 3.65. The van der Waals surface area contributed by atoms with Gasteiger partial charge in [0.2, 0.25) is 0 Å². The van der Waals surface area contributed by atoms with Gasteiger partial charge in [0.15, 0.2) is 0 Å². The summed E-state index contributed by atoms with van der Waals surface area (Å²) in [5.74, 6) is 0. The van der Waals surface area contributed by atoms with E-state index in [0.29, 0.717) is 6.54 Å². The lowest BCUT2D eigenvalue weighted by Crippen LogP contribution is -2.28. The van der Waals surface area contributed by atoms with E-state index in [1.54, 1.807) is 10.9 Å². The number of benzene rings is 2. The van der Waals surface area contributed by atoms with Gasteiger partial charge in [-0.25, -0.2) is 4.79 Å². The molecule has 0 saturated carbocycles. The van der Waals surface area contributed by atoms with E-state index in [-0.39, 0.29) is 6.03 Å². The van der Waals surface area contributed by atoms with Crippen molar-refractivity contribution in [1.29, 1.82) is 0 Å². The molecule has 0 saturated heterocycles. The number of anilines is 1. The van der Waals surface area contributed by atoms with Crippen molar-refractivity contribution in [3.05, 3.63) is 97.2 Å². The van der Waals surface area contributed by atoms with E-state index >= 15 is 0 Å². The SMILES string of the molecule is Cn1cc(-c2cc3c(-c4ccc(NC(=O)NCc5ccccc5)cc4)nccn3c2)cn1. The highest BCUT2D eigenvalue weighted by Crippen LogP contribution is 2.29. The van der Waals surface area contributed by atoms with Gasteiger partial charge in [-0.3, -0.25) is 9.67 Å². The molecule has 32 heavy (non-hydrogen) atoms. The number of hydrogen-bond acceptors (Lipinski definition) is 3. The number of nitrogens with zero attached hydrogens (tertiary/aromatic N) is 4. The van der Waals surface area contributed by atoms with Crippen LogP contribution < -0.4 is 10.6 Å². The third-order valence-electron chi connectivity index (χ3n) is 5.27. The highest BCUT2D eigenvalue weighted by Gasteiger charge is 2.11. The van der Waals surface area contributed by atoms with Crippen molar-refractivity contribution in [2.24, 2.45) is 7.05 Å². The molecule has 0 bridgehead atoms. The summed E-state index contributed by atoms with van der Waals surface area (Å²) in [4.78, 5) is 16.8. The molecule has 0 aliphatic heterocycles. The molecule has 2 aromatic carbocycles. The molecule has 2 amide bonds. The van der Waals surface area contributed by atoms with Crippen LogP contribution in [0, 0.1) is 0 Å². The molecular formula is C25H22N6O. The van der Waals surface area contributed by atoms with Gasteiger partial charge in [0, 0.05) is 60.8 Å². The van der Waals surface area contributed by atoms with Crippen LogP contribution in [0.25, 0.3) is 27.9 Å². The monoisotopic (exact) mass is 422 g/mol. The smallest absolute Gasteiger partial charge is 0.319 e. The summed E-state index contributed by atoms with van der Waals surface area (Å²) >= 11 is 0. The molecular weight excluding hydrogens is 400 g/mol. The number of fused-ring (bicyclic) bond motifs is 1. The Kier molecular flexibility index (Phi) is 5.13. The Morgan fingerprint density at radius 3 is 2.53 bits per heavy atom. The number of amides is 2. The van der Waals surface area contributed by atoms with E-state index in [2.05, 4.69) is 37.4 Å². The summed E-state index contributed by atoms with van der Waals surface area (Å²) in [6, 6.07) is 19.4. The quantitative estimate of drug-likeness (QED) is 0.430. The van der Waals surface area contributed by atoms with Gasteiger partial charge in [0.05, 0.1) is 17.4 Å². The number of aromatic nitrogens is 4. The van der Waals surface area contributed by atoms with Crippen molar-refractivity contribution in [1.82, 2.24) is 24.5 Å². The van der Waals surface area contributed by atoms with Gasteiger partial charge in [-0.05, 0) is 23.8 Å². The molecule has 0 radical (unpaired) electrons. The van der Waals surface area contributed by atoms with Crippen molar-refractivity contribution >= 4 is 17.2 Å². The van der Waals surface area contributed by atoms with Gasteiger partial charge in [-0.1, -0.05) is 42.5 Å². The number of urea groups is 1. The fourth-order valence-electron chi connectivity index (χ4n) is 3.65. The zero-order chi connectivity index (χ0) is 21.9. The van der Waals surface area contributed by atoms with Gasteiger partial charge in [0.1, 0.15) is 0 Å². The van der Waals surface area contributed by atoms with Gasteiger partial charge < -0.3 is 15.0 Å². The van der Waals surface area contributed by atoms with Crippen molar-refractivity contribution < 1.29 is 4.79 Å². The van der Waals surface area contributed by atoms with Crippen molar-refractivity contribution in [3.8, 4) is 22.4 Å². The molecule has 0 spiro atoms. The average Bonchev–Trinajstić information content (AvgIpc) is 3.45. The Labute approximate surface area is 185 Å². The third-order valence-corrected chi connectivity index (χ3v) is 5.27. The number of nitrogens with one attached hydrogen (secondary N) is 2. The summed E-state index contributed by atoms with van der Waals surface area (Å²) in [5, 5.41) is 10.00. The van der Waals surface area contributed by atoms with E-state index in [0.717, 1.165) is 39.2 Å². The summed E-state index contributed by atoms with van der Waals surface area (Å²) in [6.07, 6.45) is 9.64. The van der Waals surface area contributed by atoms with E-state index in [9.17, 15) is 4.79 Å². The number of carbonyl (C=O) groups is 1. The lowest BCUT2D eigenvalue weighted by molar-refractivity contribution is 0.251. The molecule has 0 fully saturated rings. The molecule has 7 heteroatoms. The Hall–Kier alpha value is -4.39. The normalized spacial score (nSPS) is 10.9. The zero-order valence-corrected chi connectivity index (χ0v) is 17.6. The predicted molar refractivity (Wildman–Crippen MR) is 125 cm³/mol. The Morgan fingerprint density at radius 2 is 1.78 bits per heavy atom. The van der Waals surface area contributed by atoms with Crippen LogP contribution in [0.3, 0.4) is 0 Å². The topological polar surface area (TPSA) is 76.2 Å². The molecule has 7 nitrogen and oxygen atoms in total. The van der Waals surface area contributed by atoms with Crippen LogP contribution in [0.1, 0.15) is 5.56 Å². The van der Waals surface area contributed by atoms with Crippen LogP contribution >= 0.6 is 0 Å². The second-order valence-electron chi connectivity index (χ2n) is 7.57. The van der Waals surface area contributed by atoms with E-state index in [1.807, 2.05) is 80.2 Å². The molecule has 0 aliphatic rings. The Morgan fingerprint density at radius 1 is 0.969 bits per heavy atom. The molecule has 3 heterocycles. The largest absolute Gasteiger partial charge is 0.334 e. The van der Waals surface area contributed by atoms with Crippen LogP contribution in [0.2, 0.25) is 0 Å². The molecule has 2 N–H and O–H groups in total. The van der Waals surface area contributed by atoms with Gasteiger partial charge >= 0.3 is 6.03 Å². The molecule has 5 rings (SSSR count). The highest BCUT2D eigenvalue weighted by atomic mass is 16.2. The van der Waals surface area contributed by atoms with Crippen LogP contribution in [0.5, 0.6) is 0 Å². The summed E-state index contributed by atoms with van der Waals surface area (Å²) in [5.41, 5.74) is 6.77. The maximum Gasteiger partial charge on any atom is 0.319 e. The molecule has 0 unspecified atom stereocenters. The summed E-state index contributed by atoms with van der Waals surface area (Å²) in [7, 11) is 1.91. The van der Waals surface area contributed by atoms with Gasteiger partial charge in [0.25, 0.3) is 0 Å². The maximum absolute atomic E-state index is 12.2. The van der Waals surface area contributed by atoms with Crippen LogP contribution in [-0.2, 0) is 13.6 Å². The van der Waals surface area contributed by atoms with Crippen LogP contribution in [0.4, 0.5) is 10.5 Å². The molecule has 3 aromatic heterocycles. The second-order valence-corrected chi connectivity index (χ2v) is 7.57. The number of hydrogen-bond donors (Lipinski definition) is 2. The number of carbonyl (C=O) groups excluding carboxylic acids is 1. The summed E-state index contributed by atoms with van der Waals surface area (Å²) in [6.45, 7) is 0.476. The lowest BCUT2D eigenvalue weighted by atomic mass is 10.1. The molecule has 0 atom stereocenters. The summed E-state index contributed by atoms with van der Waals surface area (Å²) < 4.78 is 3.85. The maximum atomic E-state index is 12.2. The molecule has 158 valence electrons. The standard InChI is InChI=1S/C25H22N6O/c1-30-16-21(15-28-30)20-13-23-24(26-11-12-31(23)17-20)19-7-9-22(10-8-19)29-25(32)27-14-18-5-3-2-4-6-18/h2-13,15-17H,14H2,1H3,(H2,27,29,32). The Balaban J connectivity index is 1.32. The first-order valence-corrected chi connectivity index (χ1v) is 10.3. The minimum Gasteiger partial charge on any atom is -0.334 e. The first-order chi connectivity index (χ1) is 15.7. The first-order valence-electron chi connectivity index (χ1n) is 10.3. The lowest BCUT2D eigenvalue weighted by Gasteiger charge is -2.09. The van der Waals surface area contributed by atoms with E-state index in [4.69, 9.17) is 0 Å². The minimum absolute atomic E-state index is 0.241. The molecule has 0 aliphatic carbocycles.